The molecule has 31 heavy (non-hydrogen) atoms. The van der Waals surface area contributed by atoms with Crippen LogP contribution in [0.3, 0.4) is 0 Å². The normalized spacial score (nSPS) is 10.6. The minimum absolute atomic E-state index is 0.128. The molecule has 1 N–H and O–H groups in total. The van der Waals surface area contributed by atoms with Crippen molar-refractivity contribution in [1.29, 1.82) is 0 Å². The van der Waals surface area contributed by atoms with E-state index in [1.807, 2.05) is 0 Å². The number of rotatable bonds is 11. The van der Waals surface area contributed by atoms with Crippen molar-refractivity contribution in [1.82, 2.24) is 5.43 Å². The summed E-state index contributed by atoms with van der Waals surface area (Å²) in [6, 6.07) is 9.71. The van der Waals surface area contributed by atoms with Crippen molar-refractivity contribution in [3.63, 3.8) is 0 Å². The van der Waals surface area contributed by atoms with Gasteiger partial charge in [-0.05, 0) is 48.4 Å². The Bertz CT molecular complexity index is 926. The summed E-state index contributed by atoms with van der Waals surface area (Å²) in [6.07, 6.45) is 4.85. The number of esters is 1. The number of methoxy groups -OCH3 is 3. The van der Waals surface area contributed by atoms with Crippen LogP contribution in [0.4, 0.5) is 0 Å². The topological polar surface area (TPSA) is 95.5 Å². The smallest absolute Gasteiger partial charge is 0.343 e. The number of unbranched alkanes of at least 4 members (excludes halogenated alkanes) is 2. The number of hydrazone groups is 1. The number of hydrogen-bond donors (Lipinski definition) is 1. The SMILES string of the molecule is CCCCCC(=O)N/N=C/c1ccc(OC(=O)c2ccc(OC)c(OC)c2)c(OC)c1. The fourth-order valence-corrected chi connectivity index (χ4v) is 2.74. The Morgan fingerprint density at radius 1 is 0.903 bits per heavy atom. The first kappa shape index (κ1) is 23.7. The predicted molar refractivity (Wildman–Crippen MR) is 117 cm³/mol. The van der Waals surface area contributed by atoms with E-state index in [9.17, 15) is 9.59 Å². The van der Waals surface area contributed by atoms with Crippen molar-refractivity contribution >= 4 is 18.1 Å². The molecule has 0 saturated heterocycles. The molecule has 0 aliphatic rings. The zero-order valence-electron chi connectivity index (χ0n) is 18.3. The highest BCUT2D eigenvalue weighted by Gasteiger charge is 2.15. The summed E-state index contributed by atoms with van der Waals surface area (Å²) in [5, 5.41) is 3.96. The molecule has 0 bridgehead atoms. The van der Waals surface area contributed by atoms with E-state index in [1.54, 1.807) is 30.3 Å². The van der Waals surface area contributed by atoms with Gasteiger partial charge in [-0.3, -0.25) is 4.79 Å². The first-order chi connectivity index (χ1) is 15.0. The fraction of sp³-hybridized carbons (Fsp3) is 0.348. The summed E-state index contributed by atoms with van der Waals surface area (Å²) in [6.45, 7) is 2.08. The molecular weight excluding hydrogens is 400 g/mol. The van der Waals surface area contributed by atoms with Crippen molar-refractivity contribution in [3.05, 3.63) is 47.5 Å². The lowest BCUT2D eigenvalue weighted by atomic mass is 10.2. The number of hydrogen-bond acceptors (Lipinski definition) is 7. The van der Waals surface area contributed by atoms with Gasteiger partial charge in [0.2, 0.25) is 5.91 Å². The van der Waals surface area contributed by atoms with Gasteiger partial charge >= 0.3 is 5.97 Å². The van der Waals surface area contributed by atoms with Gasteiger partial charge in [-0.2, -0.15) is 5.10 Å². The number of ether oxygens (including phenoxy) is 4. The summed E-state index contributed by atoms with van der Waals surface area (Å²) in [5.74, 6) is 0.845. The maximum Gasteiger partial charge on any atom is 0.343 e. The summed E-state index contributed by atoms with van der Waals surface area (Å²) < 4.78 is 21.2. The van der Waals surface area contributed by atoms with Crippen molar-refractivity contribution in [2.45, 2.75) is 32.6 Å². The summed E-state index contributed by atoms with van der Waals surface area (Å²) in [4.78, 5) is 24.2. The van der Waals surface area contributed by atoms with Crippen LogP contribution >= 0.6 is 0 Å². The average molecular weight is 428 g/mol. The van der Waals surface area contributed by atoms with E-state index in [0.29, 0.717) is 34.8 Å². The first-order valence-corrected chi connectivity index (χ1v) is 9.96. The van der Waals surface area contributed by atoms with Gasteiger partial charge in [0.25, 0.3) is 0 Å². The van der Waals surface area contributed by atoms with Gasteiger partial charge in [0.15, 0.2) is 23.0 Å². The molecule has 0 spiro atoms. The molecule has 0 heterocycles. The van der Waals surface area contributed by atoms with Crippen molar-refractivity contribution < 1.29 is 28.5 Å². The van der Waals surface area contributed by atoms with Crippen LogP contribution in [0.15, 0.2) is 41.5 Å². The zero-order chi connectivity index (χ0) is 22.6. The van der Waals surface area contributed by atoms with Crippen LogP contribution in [0.1, 0.15) is 48.5 Å². The number of nitrogens with one attached hydrogen (secondary N) is 1. The van der Waals surface area contributed by atoms with E-state index in [4.69, 9.17) is 18.9 Å². The quantitative estimate of drug-likeness (QED) is 0.191. The monoisotopic (exact) mass is 428 g/mol. The summed E-state index contributed by atoms with van der Waals surface area (Å²) in [5.41, 5.74) is 3.48. The van der Waals surface area contributed by atoms with E-state index >= 15 is 0 Å². The second-order valence-electron chi connectivity index (χ2n) is 6.62. The molecule has 0 aromatic heterocycles. The fourth-order valence-electron chi connectivity index (χ4n) is 2.74. The van der Waals surface area contributed by atoms with Crippen LogP contribution < -0.4 is 24.4 Å². The van der Waals surface area contributed by atoms with Gasteiger partial charge in [0, 0.05) is 6.42 Å². The van der Waals surface area contributed by atoms with E-state index in [2.05, 4.69) is 17.5 Å². The second-order valence-corrected chi connectivity index (χ2v) is 6.62. The van der Waals surface area contributed by atoms with Crippen LogP contribution in [-0.4, -0.2) is 39.4 Å². The minimum atomic E-state index is -0.569. The van der Waals surface area contributed by atoms with Gasteiger partial charge in [-0.1, -0.05) is 19.8 Å². The molecule has 166 valence electrons. The van der Waals surface area contributed by atoms with Crippen LogP contribution in [0.2, 0.25) is 0 Å². The van der Waals surface area contributed by atoms with Crippen molar-refractivity contribution in [3.8, 4) is 23.0 Å². The van der Waals surface area contributed by atoms with Crippen LogP contribution in [0.5, 0.6) is 23.0 Å². The Balaban J connectivity index is 2.05. The van der Waals surface area contributed by atoms with E-state index < -0.39 is 5.97 Å². The summed E-state index contributed by atoms with van der Waals surface area (Å²) in [7, 11) is 4.48. The molecule has 0 aliphatic carbocycles. The molecule has 8 nitrogen and oxygen atoms in total. The minimum Gasteiger partial charge on any atom is -0.493 e. The highest BCUT2D eigenvalue weighted by Crippen LogP contribution is 2.31. The van der Waals surface area contributed by atoms with Gasteiger partial charge in [0.1, 0.15) is 0 Å². The Labute approximate surface area is 182 Å². The zero-order valence-corrected chi connectivity index (χ0v) is 18.3. The van der Waals surface area contributed by atoms with Crippen LogP contribution in [-0.2, 0) is 4.79 Å². The number of benzene rings is 2. The second kappa shape index (κ2) is 12.2. The molecule has 1 amide bonds. The third-order valence-corrected chi connectivity index (χ3v) is 4.42. The first-order valence-electron chi connectivity index (χ1n) is 9.96. The highest BCUT2D eigenvalue weighted by atomic mass is 16.6. The molecule has 2 rings (SSSR count). The molecule has 2 aromatic carbocycles. The lowest BCUT2D eigenvalue weighted by molar-refractivity contribution is -0.121. The number of amides is 1. The molecule has 0 radical (unpaired) electrons. The molecule has 0 atom stereocenters. The Hall–Kier alpha value is -3.55. The maximum absolute atomic E-state index is 12.5. The van der Waals surface area contributed by atoms with E-state index in [-0.39, 0.29) is 11.7 Å². The van der Waals surface area contributed by atoms with E-state index in [1.165, 1.54) is 33.6 Å². The van der Waals surface area contributed by atoms with Crippen molar-refractivity contribution in [2.24, 2.45) is 5.10 Å². The molecule has 2 aromatic rings. The molecular formula is C23H28N2O6. The number of carbonyl (C=O) groups excluding carboxylic acids is 2. The third-order valence-electron chi connectivity index (χ3n) is 4.42. The van der Waals surface area contributed by atoms with E-state index in [0.717, 1.165) is 19.3 Å². The largest absolute Gasteiger partial charge is 0.493 e. The Morgan fingerprint density at radius 2 is 1.58 bits per heavy atom. The lowest BCUT2D eigenvalue weighted by Crippen LogP contribution is -2.16. The number of carbonyl (C=O) groups is 2. The van der Waals surface area contributed by atoms with Gasteiger partial charge < -0.3 is 18.9 Å². The molecule has 0 fully saturated rings. The lowest BCUT2D eigenvalue weighted by Gasteiger charge is -2.11. The van der Waals surface area contributed by atoms with Gasteiger partial charge in [-0.25, -0.2) is 10.2 Å². The maximum atomic E-state index is 12.5. The average Bonchev–Trinajstić information content (AvgIpc) is 2.79. The van der Waals surface area contributed by atoms with Crippen LogP contribution in [0.25, 0.3) is 0 Å². The standard InChI is InChI=1S/C23H28N2O6/c1-5-6-7-8-22(26)25-24-15-16-9-11-19(20(13-16)29-3)31-23(27)17-10-12-18(28-2)21(14-17)30-4/h9-15H,5-8H2,1-4H3,(H,25,26)/b24-15+. The van der Waals surface area contributed by atoms with Gasteiger partial charge in [0.05, 0.1) is 33.1 Å². The number of nitrogens with zero attached hydrogens (tertiary/aromatic N) is 1. The molecule has 0 unspecified atom stereocenters. The van der Waals surface area contributed by atoms with Crippen LogP contribution in [0, 0.1) is 0 Å². The van der Waals surface area contributed by atoms with Gasteiger partial charge in [-0.15, -0.1) is 0 Å². The Kier molecular flexibility index (Phi) is 9.35. The van der Waals surface area contributed by atoms with Crippen molar-refractivity contribution in [2.75, 3.05) is 21.3 Å². The molecule has 8 heteroatoms. The highest BCUT2D eigenvalue weighted by molar-refractivity contribution is 5.92. The Morgan fingerprint density at radius 3 is 2.26 bits per heavy atom. The summed E-state index contributed by atoms with van der Waals surface area (Å²) >= 11 is 0. The molecule has 0 aliphatic heterocycles. The predicted octanol–water partition coefficient (Wildman–Crippen LogP) is 3.96. The third kappa shape index (κ3) is 7.02. The molecule has 0 saturated carbocycles.